The molecule has 0 atom stereocenters. The lowest BCUT2D eigenvalue weighted by molar-refractivity contribution is -0.107. The van der Waals surface area contributed by atoms with Crippen LogP contribution in [0.3, 0.4) is 0 Å². The number of carbonyl (C=O) groups excluding carboxylic acids is 2. The first kappa shape index (κ1) is 16.5. The molecule has 0 saturated carbocycles. The average Bonchev–Trinajstić information content (AvgIpc) is 2.44. The Morgan fingerprint density at radius 3 is 2.65 bits per heavy atom. The molecule has 0 aromatic heterocycles. The van der Waals surface area contributed by atoms with Gasteiger partial charge in [0, 0.05) is 18.0 Å². The van der Waals surface area contributed by atoms with Crippen molar-refractivity contribution >= 4 is 23.8 Å². The highest BCUT2D eigenvalue weighted by Gasteiger charge is 2.10. The Labute approximate surface area is 124 Å². The van der Waals surface area contributed by atoms with Crippen molar-refractivity contribution in [2.75, 3.05) is 6.54 Å². The van der Waals surface area contributed by atoms with Crippen molar-refractivity contribution in [1.29, 1.82) is 0 Å². The third kappa shape index (κ3) is 6.06. The fourth-order valence-electron chi connectivity index (χ4n) is 1.87. The van der Waals surface area contributed by atoms with Crippen LogP contribution in [0.2, 0.25) is 5.02 Å². The van der Waals surface area contributed by atoms with E-state index in [1.165, 1.54) is 18.2 Å². The summed E-state index contributed by atoms with van der Waals surface area (Å²) in [5.74, 6) is -0.383. The number of carbonyl (C=O) groups is 2. The summed E-state index contributed by atoms with van der Waals surface area (Å²) in [4.78, 5) is 21.9. The maximum absolute atomic E-state index is 11.8. The second-order valence-electron chi connectivity index (χ2n) is 4.64. The first-order chi connectivity index (χ1) is 9.65. The van der Waals surface area contributed by atoms with Crippen LogP contribution in [-0.4, -0.2) is 23.8 Å². The van der Waals surface area contributed by atoms with Crippen LogP contribution in [0.5, 0.6) is 5.75 Å². The summed E-state index contributed by atoms with van der Waals surface area (Å²) in [6, 6.07) is 4.39. The largest absolute Gasteiger partial charge is 0.507 e. The summed E-state index contributed by atoms with van der Waals surface area (Å²) in [5, 5.41) is 12.8. The summed E-state index contributed by atoms with van der Waals surface area (Å²) in [6.07, 6.45) is 6.51. The molecule has 110 valence electrons. The number of rotatable bonds is 9. The Morgan fingerprint density at radius 2 is 1.90 bits per heavy atom. The molecule has 0 aliphatic rings. The Kier molecular flexibility index (Phi) is 7.73. The van der Waals surface area contributed by atoms with Crippen molar-refractivity contribution in [2.24, 2.45) is 0 Å². The summed E-state index contributed by atoms with van der Waals surface area (Å²) in [7, 11) is 0. The van der Waals surface area contributed by atoms with Gasteiger partial charge in [0.15, 0.2) is 0 Å². The van der Waals surface area contributed by atoms with E-state index in [0.29, 0.717) is 18.0 Å². The highest BCUT2D eigenvalue weighted by atomic mass is 35.5. The lowest BCUT2D eigenvalue weighted by Crippen LogP contribution is -2.24. The van der Waals surface area contributed by atoms with Gasteiger partial charge >= 0.3 is 0 Å². The molecule has 0 unspecified atom stereocenters. The van der Waals surface area contributed by atoms with E-state index < -0.39 is 0 Å². The molecule has 5 heteroatoms. The Balaban J connectivity index is 2.20. The van der Waals surface area contributed by atoms with Crippen molar-refractivity contribution in [3.63, 3.8) is 0 Å². The number of nitrogens with one attached hydrogen (secondary N) is 1. The zero-order valence-corrected chi connectivity index (χ0v) is 12.2. The van der Waals surface area contributed by atoms with Gasteiger partial charge in [-0.1, -0.05) is 30.9 Å². The van der Waals surface area contributed by atoms with Crippen molar-refractivity contribution in [3.05, 3.63) is 28.8 Å². The number of phenolic OH excluding ortho intramolecular Hbond substituents is 1. The van der Waals surface area contributed by atoms with Gasteiger partial charge in [-0.05, 0) is 31.0 Å². The van der Waals surface area contributed by atoms with Gasteiger partial charge in [0.1, 0.15) is 12.0 Å². The number of hydrogen-bond acceptors (Lipinski definition) is 3. The molecular formula is C15H20ClNO3. The predicted molar refractivity (Wildman–Crippen MR) is 79.2 cm³/mol. The number of amides is 1. The molecule has 0 heterocycles. The molecule has 2 N–H and O–H groups in total. The van der Waals surface area contributed by atoms with E-state index in [2.05, 4.69) is 5.32 Å². The van der Waals surface area contributed by atoms with Gasteiger partial charge in [-0.2, -0.15) is 0 Å². The Hall–Kier alpha value is -1.55. The average molecular weight is 298 g/mol. The van der Waals surface area contributed by atoms with Crippen LogP contribution in [0.1, 0.15) is 48.9 Å². The van der Waals surface area contributed by atoms with E-state index in [1.54, 1.807) is 0 Å². The number of benzene rings is 1. The Bertz CT molecular complexity index is 449. The molecule has 0 saturated heterocycles. The van der Waals surface area contributed by atoms with Crippen LogP contribution in [0.25, 0.3) is 0 Å². The van der Waals surface area contributed by atoms with Crippen LogP contribution in [0.15, 0.2) is 18.2 Å². The van der Waals surface area contributed by atoms with Gasteiger partial charge in [0.25, 0.3) is 5.91 Å². The van der Waals surface area contributed by atoms with Crippen molar-refractivity contribution < 1.29 is 14.7 Å². The molecule has 20 heavy (non-hydrogen) atoms. The van der Waals surface area contributed by atoms with Crippen molar-refractivity contribution in [1.82, 2.24) is 5.32 Å². The number of aldehydes is 1. The van der Waals surface area contributed by atoms with E-state index in [1.807, 2.05) is 0 Å². The summed E-state index contributed by atoms with van der Waals surface area (Å²) >= 11 is 5.79. The SMILES string of the molecule is O=CCCCCCCCNC(=O)c1cc(Cl)ccc1O. The predicted octanol–water partition coefficient (Wildman–Crippen LogP) is 3.31. The molecule has 0 fully saturated rings. The minimum absolute atomic E-state index is 0.0687. The molecule has 1 amide bonds. The van der Waals surface area contributed by atoms with Crippen LogP contribution in [0, 0.1) is 0 Å². The lowest BCUT2D eigenvalue weighted by atomic mass is 10.1. The topological polar surface area (TPSA) is 66.4 Å². The third-order valence-electron chi connectivity index (χ3n) is 2.99. The van der Waals surface area contributed by atoms with Crippen LogP contribution >= 0.6 is 11.6 Å². The van der Waals surface area contributed by atoms with E-state index in [-0.39, 0.29) is 17.2 Å². The van der Waals surface area contributed by atoms with Gasteiger partial charge in [0.2, 0.25) is 0 Å². The highest BCUT2D eigenvalue weighted by Crippen LogP contribution is 2.21. The molecule has 0 radical (unpaired) electrons. The molecule has 4 nitrogen and oxygen atoms in total. The fourth-order valence-corrected chi connectivity index (χ4v) is 2.04. The lowest BCUT2D eigenvalue weighted by Gasteiger charge is -2.07. The van der Waals surface area contributed by atoms with Gasteiger partial charge in [-0.15, -0.1) is 0 Å². The van der Waals surface area contributed by atoms with Gasteiger partial charge < -0.3 is 15.2 Å². The van der Waals surface area contributed by atoms with E-state index in [9.17, 15) is 14.7 Å². The number of halogens is 1. The maximum atomic E-state index is 11.8. The van der Waals surface area contributed by atoms with Gasteiger partial charge in [-0.25, -0.2) is 0 Å². The molecule has 1 aromatic carbocycles. The first-order valence-electron chi connectivity index (χ1n) is 6.85. The second kappa shape index (κ2) is 9.37. The molecule has 1 aromatic rings. The summed E-state index contributed by atoms with van der Waals surface area (Å²) in [6.45, 7) is 0.568. The van der Waals surface area contributed by atoms with Crippen LogP contribution in [0.4, 0.5) is 0 Å². The van der Waals surface area contributed by atoms with Crippen molar-refractivity contribution in [2.45, 2.75) is 38.5 Å². The summed E-state index contributed by atoms with van der Waals surface area (Å²) < 4.78 is 0. The van der Waals surface area contributed by atoms with Crippen LogP contribution in [-0.2, 0) is 4.79 Å². The van der Waals surface area contributed by atoms with Gasteiger partial charge in [-0.3, -0.25) is 4.79 Å². The molecule has 0 spiro atoms. The van der Waals surface area contributed by atoms with E-state index in [0.717, 1.165) is 38.4 Å². The number of phenols is 1. The van der Waals surface area contributed by atoms with Crippen molar-refractivity contribution in [3.8, 4) is 5.75 Å². The normalized spacial score (nSPS) is 10.2. The van der Waals surface area contributed by atoms with E-state index >= 15 is 0 Å². The summed E-state index contributed by atoms with van der Waals surface area (Å²) in [5.41, 5.74) is 0.198. The highest BCUT2D eigenvalue weighted by molar-refractivity contribution is 6.31. The fraction of sp³-hybridized carbons (Fsp3) is 0.467. The standard InChI is InChI=1S/C15H20ClNO3/c16-12-7-8-14(19)13(11-12)15(20)17-9-5-3-1-2-4-6-10-18/h7-8,10-11,19H,1-6,9H2,(H,17,20). The number of unbranched alkanes of at least 4 members (excludes halogenated alkanes) is 5. The maximum Gasteiger partial charge on any atom is 0.255 e. The zero-order chi connectivity index (χ0) is 14.8. The molecule has 1 rings (SSSR count). The molecule has 0 aliphatic heterocycles. The second-order valence-corrected chi connectivity index (χ2v) is 5.08. The van der Waals surface area contributed by atoms with Gasteiger partial charge in [0.05, 0.1) is 5.56 Å². The molecule has 0 bridgehead atoms. The monoisotopic (exact) mass is 297 g/mol. The van der Waals surface area contributed by atoms with Crippen LogP contribution < -0.4 is 5.32 Å². The smallest absolute Gasteiger partial charge is 0.255 e. The minimum atomic E-state index is -0.314. The molecular weight excluding hydrogens is 278 g/mol. The number of hydrogen-bond donors (Lipinski definition) is 2. The minimum Gasteiger partial charge on any atom is -0.507 e. The zero-order valence-electron chi connectivity index (χ0n) is 11.4. The quantitative estimate of drug-likeness (QED) is 0.543. The number of aromatic hydroxyl groups is 1. The molecule has 0 aliphatic carbocycles. The van der Waals surface area contributed by atoms with E-state index in [4.69, 9.17) is 11.6 Å². The Morgan fingerprint density at radius 1 is 1.20 bits per heavy atom. The third-order valence-corrected chi connectivity index (χ3v) is 3.22. The first-order valence-corrected chi connectivity index (χ1v) is 7.23.